The smallest absolute Gasteiger partial charge is 0.0434 e. The third-order valence-electron chi connectivity index (χ3n) is 5.23. The van der Waals surface area contributed by atoms with E-state index < -0.39 is 0 Å². The van der Waals surface area contributed by atoms with Gasteiger partial charge in [-0.05, 0) is 56.0 Å². The van der Waals surface area contributed by atoms with Crippen molar-refractivity contribution < 1.29 is 5.11 Å². The number of hydrogen-bond donors (Lipinski definition) is 2. The minimum Gasteiger partial charge on any atom is -0.396 e. The fourth-order valence-electron chi connectivity index (χ4n) is 3.75. The zero-order valence-corrected chi connectivity index (χ0v) is 11.9. The Morgan fingerprint density at radius 1 is 1.28 bits per heavy atom. The lowest BCUT2D eigenvalue weighted by Crippen LogP contribution is -2.44. The van der Waals surface area contributed by atoms with Crippen LogP contribution in [0.3, 0.4) is 0 Å². The van der Waals surface area contributed by atoms with E-state index in [1.165, 1.54) is 51.7 Å². The van der Waals surface area contributed by atoms with Crippen LogP contribution in [0.15, 0.2) is 0 Å². The summed E-state index contributed by atoms with van der Waals surface area (Å²) < 4.78 is 0. The number of nitrogens with zero attached hydrogens (tertiary/aromatic N) is 1. The normalized spacial score (nSPS) is 38.2. The second-order valence-electron chi connectivity index (χ2n) is 6.79. The van der Waals surface area contributed by atoms with E-state index >= 15 is 0 Å². The van der Waals surface area contributed by atoms with Crippen LogP contribution in [-0.2, 0) is 0 Å². The fourth-order valence-corrected chi connectivity index (χ4v) is 3.75. The first-order valence-corrected chi connectivity index (χ1v) is 7.71. The molecule has 0 aromatic rings. The molecule has 3 N–H and O–H groups in total. The van der Waals surface area contributed by atoms with Crippen molar-refractivity contribution in [3.63, 3.8) is 0 Å². The molecule has 0 amide bonds. The molecule has 0 aromatic carbocycles. The number of aliphatic hydroxyl groups excluding tert-OH is 1. The van der Waals surface area contributed by atoms with Crippen molar-refractivity contribution in [3.8, 4) is 0 Å². The van der Waals surface area contributed by atoms with E-state index in [-0.39, 0.29) is 0 Å². The van der Waals surface area contributed by atoms with Gasteiger partial charge < -0.3 is 15.7 Å². The lowest BCUT2D eigenvalue weighted by molar-refractivity contribution is 0.105. The maximum absolute atomic E-state index is 9.02. The van der Waals surface area contributed by atoms with Crippen molar-refractivity contribution in [2.45, 2.75) is 45.4 Å². The van der Waals surface area contributed by atoms with Crippen molar-refractivity contribution in [1.82, 2.24) is 4.90 Å². The number of hydrogen-bond acceptors (Lipinski definition) is 3. The Kier molecular flexibility index (Phi) is 5.05. The molecule has 1 saturated carbocycles. The molecule has 1 aliphatic heterocycles. The molecular weight excluding hydrogens is 224 g/mol. The lowest BCUT2D eigenvalue weighted by Gasteiger charge is -2.41. The maximum Gasteiger partial charge on any atom is 0.0434 e. The molecule has 0 radical (unpaired) electrons. The van der Waals surface area contributed by atoms with Crippen molar-refractivity contribution in [2.75, 3.05) is 32.8 Å². The van der Waals surface area contributed by atoms with E-state index in [1.807, 2.05) is 0 Å². The quantitative estimate of drug-likeness (QED) is 0.787. The zero-order chi connectivity index (χ0) is 13.0. The summed E-state index contributed by atoms with van der Waals surface area (Å²) in [7, 11) is 0. The summed E-state index contributed by atoms with van der Waals surface area (Å²) in [5.41, 5.74) is 6.48. The Labute approximate surface area is 112 Å². The highest BCUT2D eigenvalue weighted by Gasteiger charge is 2.36. The van der Waals surface area contributed by atoms with E-state index in [9.17, 15) is 0 Å². The number of aliphatic hydroxyl groups is 1. The average Bonchev–Trinajstić information content (AvgIpc) is 2.80. The van der Waals surface area contributed by atoms with Gasteiger partial charge in [0.2, 0.25) is 0 Å². The van der Waals surface area contributed by atoms with E-state index in [1.54, 1.807) is 0 Å². The van der Waals surface area contributed by atoms with Crippen molar-refractivity contribution in [1.29, 1.82) is 0 Å². The van der Waals surface area contributed by atoms with Crippen LogP contribution < -0.4 is 5.73 Å². The second-order valence-corrected chi connectivity index (χ2v) is 6.79. The molecule has 1 heterocycles. The number of likely N-dealkylation sites (tertiary alicyclic amines) is 1. The minimum atomic E-state index is 0.345. The van der Waals surface area contributed by atoms with Gasteiger partial charge in [0.25, 0.3) is 0 Å². The summed E-state index contributed by atoms with van der Waals surface area (Å²) in [5.74, 6) is 1.61. The third-order valence-corrected chi connectivity index (χ3v) is 5.23. The van der Waals surface area contributed by atoms with Gasteiger partial charge in [-0.2, -0.15) is 0 Å². The highest BCUT2D eigenvalue weighted by Crippen LogP contribution is 2.39. The van der Waals surface area contributed by atoms with Gasteiger partial charge in [0.1, 0.15) is 0 Å². The molecule has 3 nitrogen and oxygen atoms in total. The molecule has 1 saturated heterocycles. The predicted molar refractivity (Wildman–Crippen MR) is 75.4 cm³/mol. The molecule has 18 heavy (non-hydrogen) atoms. The molecule has 0 bridgehead atoms. The van der Waals surface area contributed by atoms with Gasteiger partial charge in [0, 0.05) is 19.7 Å². The number of rotatable bonds is 5. The summed E-state index contributed by atoms with van der Waals surface area (Å²) in [5, 5.41) is 9.02. The molecule has 1 aliphatic carbocycles. The van der Waals surface area contributed by atoms with Crippen LogP contribution in [-0.4, -0.2) is 42.8 Å². The van der Waals surface area contributed by atoms with Crippen LogP contribution in [0.5, 0.6) is 0 Å². The van der Waals surface area contributed by atoms with Crippen LogP contribution in [0.25, 0.3) is 0 Å². The van der Waals surface area contributed by atoms with Crippen LogP contribution in [0.4, 0.5) is 0 Å². The molecule has 0 aromatic heterocycles. The highest BCUT2D eigenvalue weighted by atomic mass is 16.3. The standard InChI is InChI=1S/C15H30N2O/c1-13-2-6-15(11-16,7-3-13)12-17-8-4-14(10-17)5-9-18/h13-14,18H,2-12,16H2,1H3. The van der Waals surface area contributed by atoms with E-state index in [0.29, 0.717) is 17.9 Å². The van der Waals surface area contributed by atoms with Gasteiger partial charge in [-0.15, -0.1) is 0 Å². The molecule has 106 valence electrons. The van der Waals surface area contributed by atoms with Gasteiger partial charge in [-0.1, -0.05) is 19.8 Å². The second kappa shape index (κ2) is 6.36. The van der Waals surface area contributed by atoms with Gasteiger partial charge in [-0.25, -0.2) is 0 Å². The minimum absolute atomic E-state index is 0.345. The van der Waals surface area contributed by atoms with Gasteiger partial charge in [-0.3, -0.25) is 0 Å². The van der Waals surface area contributed by atoms with Crippen molar-refractivity contribution >= 4 is 0 Å². The van der Waals surface area contributed by atoms with Crippen molar-refractivity contribution in [3.05, 3.63) is 0 Å². The SMILES string of the molecule is CC1CCC(CN)(CN2CCC(CCO)C2)CC1. The summed E-state index contributed by atoms with van der Waals surface area (Å²) in [6.45, 7) is 7.14. The van der Waals surface area contributed by atoms with E-state index in [2.05, 4.69) is 11.8 Å². The molecule has 3 heteroatoms. The molecule has 2 rings (SSSR count). The molecule has 1 atom stereocenters. The Morgan fingerprint density at radius 3 is 2.61 bits per heavy atom. The first kappa shape index (κ1) is 14.3. The van der Waals surface area contributed by atoms with E-state index in [4.69, 9.17) is 10.8 Å². The average molecular weight is 254 g/mol. The Hall–Kier alpha value is -0.120. The van der Waals surface area contributed by atoms with Crippen LogP contribution in [0, 0.1) is 17.3 Å². The molecular formula is C15H30N2O. The predicted octanol–water partition coefficient (Wildman–Crippen LogP) is 1.85. The number of nitrogens with two attached hydrogens (primary N) is 1. The molecule has 2 fully saturated rings. The summed E-state index contributed by atoms with van der Waals surface area (Å²) >= 11 is 0. The molecule has 2 aliphatic rings. The topological polar surface area (TPSA) is 49.5 Å². The summed E-state index contributed by atoms with van der Waals surface area (Å²) in [6, 6.07) is 0. The maximum atomic E-state index is 9.02. The Bertz CT molecular complexity index is 249. The van der Waals surface area contributed by atoms with Crippen LogP contribution in [0.2, 0.25) is 0 Å². The first-order valence-electron chi connectivity index (χ1n) is 7.71. The molecule has 1 unspecified atom stereocenters. The van der Waals surface area contributed by atoms with Crippen LogP contribution in [0.1, 0.15) is 45.4 Å². The van der Waals surface area contributed by atoms with E-state index in [0.717, 1.165) is 18.9 Å². The lowest BCUT2D eigenvalue weighted by atomic mass is 9.70. The largest absolute Gasteiger partial charge is 0.396 e. The van der Waals surface area contributed by atoms with Gasteiger partial charge in [0.05, 0.1) is 0 Å². The van der Waals surface area contributed by atoms with Gasteiger partial charge in [0.15, 0.2) is 0 Å². The van der Waals surface area contributed by atoms with Gasteiger partial charge >= 0.3 is 0 Å². The summed E-state index contributed by atoms with van der Waals surface area (Å²) in [6.07, 6.45) is 7.56. The third kappa shape index (κ3) is 3.46. The zero-order valence-electron chi connectivity index (χ0n) is 11.9. The first-order chi connectivity index (χ1) is 8.67. The summed E-state index contributed by atoms with van der Waals surface area (Å²) in [4.78, 5) is 2.60. The van der Waals surface area contributed by atoms with Crippen molar-refractivity contribution in [2.24, 2.45) is 23.0 Å². The Morgan fingerprint density at radius 2 is 2.00 bits per heavy atom. The fraction of sp³-hybridized carbons (Fsp3) is 1.00. The monoisotopic (exact) mass is 254 g/mol. The highest BCUT2D eigenvalue weighted by molar-refractivity contribution is 4.90. The van der Waals surface area contributed by atoms with Crippen LogP contribution >= 0.6 is 0 Å². The molecule has 0 spiro atoms. The Balaban J connectivity index is 1.83.